The van der Waals surface area contributed by atoms with Crippen LogP contribution in [0.4, 0.5) is 15.3 Å². The van der Waals surface area contributed by atoms with Crippen molar-refractivity contribution in [1.29, 1.82) is 0 Å². The molecular weight excluding hydrogens is 335 g/mol. The second-order valence-electron chi connectivity index (χ2n) is 5.08. The number of carboxylic acid groups (broad SMARTS) is 1. The van der Waals surface area contributed by atoms with E-state index in [1.807, 2.05) is 0 Å². The van der Waals surface area contributed by atoms with Crippen molar-refractivity contribution < 1.29 is 31.9 Å². The maximum atomic E-state index is 12.7. The minimum Gasteiger partial charge on any atom is -0.478 e. The van der Waals surface area contributed by atoms with Crippen LogP contribution in [-0.2, 0) is 15.0 Å². The summed E-state index contributed by atoms with van der Waals surface area (Å²) < 4.78 is 34.0. The fourth-order valence-electron chi connectivity index (χ4n) is 2.40. The Balaban J connectivity index is 2.36. The molecule has 1 fully saturated rings. The lowest BCUT2D eigenvalue weighted by Crippen LogP contribution is -2.25. The van der Waals surface area contributed by atoms with Crippen LogP contribution in [-0.4, -0.2) is 42.6 Å². The van der Waals surface area contributed by atoms with Crippen LogP contribution in [0.2, 0.25) is 0 Å². The monoisotopic (exact) mass is 346 g/mol. The molecular formula is C12H11FN2O7S. The number of rotatable bonds is 5. The molecule has 1 saturated heterocycles. The van der Waals surface area contributed by atoms with E-state index in [4.69, 9.17) is 5.11 Å². The van der Waals surface area contributed by atoms with Crippen molar-refractivity contribution in [2.24, 2.45) is 5.92 Å². The number of non-ortho nitro benzene ring substituents is 1. The number of anilines is 1. The summed E-state index contributed by atoms with van der Waals surface area (Å²) in [6, 6.07) is 2.92. The van der Waals surface area contributed by atoms with Gasteiger partial charge in [-0.3, -0.25) is 14.9 Å². The molecule has 0 saturated carbocycles. The number of nitro groups is 1. The Hall–Kier alpha value is -2.56. The fraction of sp³-hybridized carbons (Fsp3) is 0.333. The van der Waals surface area contributed by atoms with E-state index < -0.39 is 44.4 Å². The van der Waals surface area contributed by atoms with Crippen LogP contribution in [0.5, 0.6) is 0 Å². The SMILES string of the molecule is O=C(O)c1cc(N2CC(CS(=O)(=O)F)CC2=O)cc([N+](=O)[O-])c1. The molecule has 1 heterocycles. The summed E-state index contributed by atoms with van der Waals surface area (Å²) in [6.45, 7) is -0.164. The van der Waals surface area contributed by atoms with E-state index in [-0.39, 0.29) is 24.2 Å². The second kappa shape index (κ2) is 5.91. The van der Waals surface area contributed by atoms with Gasteiger partial charge in [0.25, 0.3) is 5.69 Å². The average molecular weight is 346 g/mol. The summed E-state index contributed by atoms with van der Waals surface area (Å²) in [7, 11) is -4.76. The molecule has 0 spiro atoms. The van der Waals surface area contributed by atoms with Gasteiger partial charge in [0, 0.05) is 31.0 Å². The molecule has 0 aliphatic carbocycles. The number of nitro benzene ring substituents is 1. The van der Waals surface area contributed by atoms with Gasteiger partial charge in [0.2, 0.25) is 5.91 Å². The van der Waals surface area contributed by atoms with Crippen LogP contribution in [0, 0.1) is 16.0 Å². The first-order chi connectivity index (χ1) is 10.6. The first-order valence-electron chi connectivity index (χ1n) is 6.32. The number of halogens is 1. The Bertz CT molecular complexity index is 760. The van der Waals surface area contributed by atoms with Crippen molar-refractivity contribution in [2.45, 2.75) is 6.42 Å². The Labute approximate surface area is 129 Å². The van der Waals surface area contributed by atoms with Gasteiger partial charge in [0.05, 0.1) is 21.9 Å². The third kappa shape index (κ3) is 4.00. The smallest absolute Gasteiger partial charge is 0.336 e. The first kappa shape index (κ1) is 16.8. The van der Waals surface area contributed by atoms with Gasteiger partial charge in [-0.2, -0.15) is 8.42 Å². The van der Waals surface area contributed by atoms with Gasteiger partial charge < -0.3 is 10.0 Å². The molecule has 23 heavy (non-hydrogen) atoms. The van der Waals surface area contributed by atoms with E-state index in [1.54, 1.807) is 0 Å². The van der Waals surface area contributed by atoms with Crippen LogP contribution in [0.1, 0.15) is 16.8 Å². The molecule has 9 nitrogen and oxygen atoms in total. The van der Waals surface area contributed by atoms with Gasteiger partial charge in [0.1, 0.15) is 0 Å². The molecule has 11 heteroatoms. The van der Waals surface area contributed by atoms with Gasteiger partial charge in [-0.1, -0.05) is 0 Å². The van der Waals surface area contributed by atoms with E-state index in [1.165, 1.54) is 0 Å². The van der Waals surface area contributed by atoms with Gasteiger partial charge in [0.15, 0.2) is 0 Å². The largest absolute Gasteiger partial charge is 0.478 e. The Morgan fingerprint density at radius 3 is 2.61 bits per heavy atom. The molecule has 1 atom stereocenters. The summed E-state index contributed by atoms with van der Waals surface area (Å²) >= 11 is 0. The van der Waals surface area contributed by atoms with Crippen molar-refractivity contribution >= 4 is 33.5 Å². The molecule has 1 amide bonds. The summed E-state index contributed by atoms with van der Waals surface area (Å²) in [5.74, 6) is -3.61. The quantitative estimate of drug-likeness (QED) is 0.476. The predicted molar refractivity (Wildman–Crippen MR) is 75.4 cm³/mol. The van der Waals surface area contributed by atoms with Crippen molar-refractivity contribution in [2.75, 3.05) is 17.2 Å². The molecule has 1 aromatic rings. The third-order valence-electron chi connectivity index (χ3n) is 3.31. The number of aromatic carboxylic acids is 1. The van der Waals surface area contributed by atoms with Crippen LogP contribution in [0.25, 0.3) is 0 Å². The summed E-state index contributed by atoms with van der Waals surface area (Å²) in [6.07, 6.45) is -0.242. The molecule has 1 aromatic carbocycles. The Morgan fingerprint density at radius 2 is 2.09 bits per heavy atom. The zero-order valence-electron chi connectivity index (χ0n) is 11.5. The number of nitrogens with zero attached hydrogens (tertiary/aromatic N) is 2. The summed E-state index contributed by atoms with van der Waals surface area (Å²) in [5.41, 5.74) is -0.946. The van der Waals surface area contributed by atoms with Crippen molar-refractivity contribution in [3.8, 4) is 0 Å². The Kier molecular flexibility index (Phi) is 4.32. The maximum Gasteiger partial charge on any atom is 0.336 e. The van der Waals surface area contributed by atoms with Crippen LogP contribution in [0.3, 0.4) is 0 Å². The first-order valence-corrected chi connectivity index (χ1v) is 7.87. The van der Waals surface area contributed by atoms with Crippen molar-refractivity contribution in [3.63, 3.8) is 0 Å². The predicted octanol–water partition coefficient (Wildman–Crippen LogP) is 0.945. The minimum absolute atomic E-state index is 0.0413. The lowest BCUT2D eigenvalue weighted by molar-refractivity contribution is -0.384. The molecule has 0 aromatic heterocycles. The van der Waals surface area contributed by atoms with Gasteiger partial charge in [-0.25, -0.2) is 4.79 Å². The number of amides is 1. The second-order valence-corrected chi connectivity index (χ2v) is 6.49. The Morgan fingerprint density at radius 1 is 1.43 bits per heavy atom. The highest BCUT2D eigenvalue weighted by molar-refractivity contribution is 7.86. The van der Waals surface area contributed by atoms with Crippen LogP contribution >= 0.6 is 0 Å². The molecule has 1 unspecified atom stereocenters. The summed E-state index contributed by atoms with van der Waals surface area (Å²) in [5, 5.41) is 19.8. The highest BCUT2D eigenvalue weighted by Gasteiger charge is 2.34. The van der Waals surface area contributed by atoms with E-state index in [2.05, 4.69) is 0 Å². The number of carbonyl (C=O) groups excluding carboxylic acids is 1. The van der Waals surface area contributed by atoms with Crippen molar-refractivity contribution in [1.82, 2.24) is 0 Å². The number of carboxylic acids is 1. The van der Waals surface area contributed by atoms with Gasteiger partial charge in [-0.15, -0.1) is 3.89 Å². The minimum atomic E-state index is -4.76. The number of hydrogen-bond acceptors (Lipinski definition) is 6. The lowest BCUT2D eigenvalue weighted by Gasteiger charge is -2.17. The zero-order chi connectivity index (χ0) is 17.4. The van der Waals surface area contributed by atoms with E-state index in [0.717, 1.165) is 23.1 Å². The molecule has 1 N–H and O–H groups in total. The van der Waals surface area contributed by atoms with E-state index in [0.29, 0.717) is 0 Å². The molecule has 2 rings (SSSR count). The lowest BCUT2D eigenvalue weighted by atomic mass is 10.1. The molecule has 0 radical (unpaired) electrons. The molecule has 1 aliphatic rings. The third-order valence-corrected chi connectivity index (χ3v) is 4.18. The topological polar surface area (TPSA) is 135 Å². The fourth-order valence-corrected chi connectivity index (χ4v) is 3.19. The maximum absolute atomic E-state index is 12.7. The number of benzene rings is 1. The highest BCUT2D eigenvalue weighted by Crippen LogP contribution is 2.30. The van der Waals surface area contributed by atoms with Gasteiger partial charge in [-0.05, 0) is 6.07 Å². The summed E-state index contributed by atoms with van der Waals surface area (Å²) in [4.78, 5) is 34.0. The molecule has 0 bridgehead atoms. The van der Waals surface area contributed by atoms with E-state index in [9.17, 15) is 32.0 Å². The van der Waals surface area contributed by atoms with Crippen LogP contribution in [0.15, 0.2) is 18.2 Å². The van der Waals surface area contributed by atoms with Gasteiger partial charge >= 0.3 is 16.2 Å². The average Bonchev–Trinajstić information content (AvgIpc) is 2.76. The number of hydrogen-bond donors (Lipinski definition) is 1. The highest BCUT2D eigenvalue weighted by atomic mass is 32.3. The van der Waals surface area contributed by atoms with Crippen molar-refractivity contribution in [3.05, 3.63) is 33.9 Å². The normalized spacial score (nSPS) is 18.2. The zero-order valence-corrected chi connectivity index (χ0v) is 12.3. The molecule has 124 valence electrons. The molecule has 1 aliphatic heterocycles. The van der Waals surface area contributed by atoms with Crippen LogP contribution < -0.4 is 4.90 Å². The number of carbonyl (C=O) groups is 2. The van der Waals surface area contributed by atoms with E-state index >= 15 is 0 Å². The standard InChI is InChI=1S/C12H11FN2O7S/c13-23(21,22)6-7-1-11(16)14(5-7)9-2-8(12(17)18)3-10(4-9)15(19)20/h2-4,7H,1,5-6H2,(H,17,18).